The summed E-state index contributed by atoms with van der Waals surface area (Å²) in [6.07, 6.45) is 1.52. The molecule has 2 aromatic rings. The molecule has 0 aliphatic rings. The van der Waals surface area contributed by atoms with Crippen LogP contribution in [0.15, 0.2) is 28.9 Å². The monoisotopic (exact) mass is 335 g/mol. The van der Waals surface area contributed by atoms with Crippen LogP contribution in [0.4, 0.5) is 0 Å². The van der Waals surface area contributed by atoms with Gasteiger partial charge in [0.25, 0.3) is 0 Å². The minimum Gasteiger partial charge on any atom is -0.497 e. The van der Waals surface area contributed by atoms with Crippen LogP contribution in [0.25, 0.3) is 0 Å². The van der Waals surface area contributed by atoms with Crippen LogP contribution in [0.2, 0.25) is 0 Å². The molecule has 102 valence electrons. The lowest BCUT2D eigenvalue weighted by Crippen LogP contribution is -1.96. The highest BCUT2D eigenvalue weighted by Gasteiger charge is 2.09. The van der Waals surface area contributed by atoms with Crippen LogP contribution >= 0.6 is 15.9 Å². The molecule has 0 unspecified atom stereocenters. The fourth-order valence-electron chi connectivity index (χ4n) is 1.45. The minimum atomic E-state index is 0.113. The Morgan fingerprint density at radius 1 is 1.15 bits per heavy atom. The molecule has 1 heterocycles. The van der Waals surface area contributed by atoms with Gasteiger partial charge in [0.2, 0.25) is 5.88 Å². The molecule has 0 radical (unpaired) electrons. The predicted molar refractivity (Wildman–Crippen MR) is 74.1 cm³/mol. The number of rotatable bonds is 4. The first-order valence-corrected chi connectivity index (χ1v) is 6.29. The molecular weight excluding hydrogens is 326 g/mol. The summed E-state index contributed by atoms with van der Waals surface area (Å²) in [6, 6.07) is 6.95. The maximum atomic E-state index is 8.95. The van der Waals surface area contributed by atoms with Crippen molar-refractivity contribution >= 4 is 15.9 Å². The lowest BCUT2D eigenvalue weighted by atomic mass is 10.2. The van der Waals surface area contributed by atoms with Gasteiger partial charge in [0.05, 0.1) is 36.5 Å². The van der Waals surface area contributed by atoms with Gasteiger partial charge in [0.15, 0.2) is 0 Å². The van der Waals surface area contributed by atoms with E-state index in [4.69, 9.17) is 19.5 Å². The van der Waals surface area contributed by atoms with Gasteiger partial charge in [0.1, 0.15) is 11.5 Å². The summed E-state index contributed by atoms with van der Waals surface area (Å²) in [5.41, 5.74) is 0.420. The van der Waals surface area contributed by atoms with Crippen LogP contribution in [0.5, 0.6) is 23.4 Å². The summed E-state index contributed by atoms with van der Waals surface area (Å²) >= 11 is 3.25. The Morgan fingerprint density at radius 3 is 2.55 bits per heavy atom. The minimum absolute atomic E-state index is 0.113. The second kappa shape index (κ2) is 6.21. The van der Waals surface area contributed by atoms with Crippen molar-refractivity contribution in [2.45, 2.75) is 0 Å². The summed E-state index contributed by atoms with van der Waals surface area (Å²) in [5.74, 6) is 1.28. The molecule has 6 nitrogen and oxygen atoms in total. The molecule has 20 heavy (non-hydrogen) atoms. The van der Waals surface area contributed by atoms with Crippen molar-refractivity contribution in [3.63, 3.8) is 0 Å². The van der Waals surface area contributed by atoms with Crippen LogP contribution in [0.3, 0.4) is 0 Å². The molecule has 0 fully saturated rings. The van der Waals surface area contributed by atoms with E-state index < -0.39 is 0 Å². The predicted octanol–water partition coefficient (Wildman–Crippen LogP) is 2.92. The lowest BCUT2D eigenvalue weighted by molar-refractivity contribution is 0.371. The van der Waals surface area contributed by atoms with Crippen LogP contribution in [-0.4, -0.2) is 24.2 Å². The van der Waals surface area contributed by atoms with Gasteiger partial charge in [-0.3, -0.25) is 0 Å². The molecule has 0 aliphatic carbocycles. The van der Waals surface area contributed by atoms with Crippen molar-refractivity contribution < 1.29 is 14.2 Å². The Labute approximate surface area is 124 Å². The van der Waals surface area contributed by atoms with E-state index in [0.717, 1.165) is 0 Å². The van der Waals surface area contributed by atoms with Crippen molar-refractivity contribution in [1.29, 1.82) is 5.26 Å². The lowest BCUT2D eigenvalue weighted by Gasteiger charge is -2.08. The average molecular weight is 336 g/mol. The number of nitrogens with zero attached hydrogens (tertiary/aromatic N) is 3. The molecule has 1 aromatic heterocycles. The number of nitriles is 1. The van der Waals surface area contributed by atoms with Gasteiger partial charge in [-0.25, -0.2) is 4.98 Å². The Balaban J connectivity index is 2.32. The van der Waals surface area contributed by atoms with E-state index in [1.165, 1.54) is 20.4 Å². The van der Waals surface area contributed by atoms with E-state index in [1.54, 1.807) is 18.2 Å². The average Bonchev–Trinajstić information content (AvgIpc) is 2.48. The van der Waals surface area contributed by atoms with E-state index in [9.17, 15) is 0 Å². The number of benzene rings is 1. The van der Waals surface area contributed by atoms with Gasteiger partial charge in [-0.2, -0.15) is 10.2 Å². The van der Waals surface area contributed by atoms with Crippen molar-refractivity contribution in [3.8, 4) is 29.5 Å². The molecule has 1 aromatic carbocycles. The quantitative estimate of drug-likeness (QED) is 0.854. The van der Waals surface area contributed by atoms with Crippen LogP contribution in [-0.2, 0) is 0 Å². The standard InChI is InChI=1S/C13H10BrN3O3/c1-18-9-3-8(6-15)4-10(5-9)20-13-16-7-11(14)12(17-13)19-2/h3-5,7H,1-2H3. The molecule has 0 amide bonds. The van der Waals surface area contributed by atoms with Gasteiger partial charge in [0, 0.05) is 6.07 Å². The zero-order chi connectivity index (χ0) is 14.5. The number of hydrogen-bond acceptors (Lipinski definition) is 6. The van der Waals surface area contributed by atoms with E-state index in [2.05, 4.69) is 25.9 Å². The maximum Gasteiger partial charge on any atom is 0.325 e. The van der Waals surface area contributed by atoms with E-state index in [1.807, 2.05) is 6.07 Å². The summed E-state index contributed by atoms with van der Waals surface area (Å²) in [6.45, 7) is 0. The number of halogens is 1. The fraction of sp³-hybridized carbons (Fsp3) is 0.154. The van der Waals surface area contributed by atoms with Gasteiger partial charge in [-0.05, 0) is 28.1 Å². The Kier molecular flexibility index (Phi) is 4.38. The van der Waals surface area contributed by atoms with Gasteiger partial charge in [-0.15, -0.1) is 0 Å². The van der Waals surface area contributed by atoms with Crippen molar-refractivity contribution in [1.82, 2.24) is 9.97 Å². The van der Waals surface area contributed by atoms with Crippen molar-refractivity contribution in [2.75, 3.05) is 14.2 Å². The second-order valence-electron chi connectivity index (χ2n) is 3.62. The highest BCUT2D eigenvalue weighted by Crippen LogP contribution is 2.28. The largest absolute Gasteiger partial charge is 0.497 e. The summed E-state index contributed by atoms with van der Waals surface area (Å²) in [5, 5.41) is 8.95. The number of ether oxygens (including phenoxy) is 3. The molecule has 0 bridgehead atoms. The second-order valence-corrected chi connectivity index (χ2v) is 4.48. The molecule has 0 spiro atoms. The molecule has 0 aliphatic heterocycles. The van der Waals surface area contributed by atoms with Crippen LogP contribution < -0.4 is 14.2 Å². The summed E-state index contributed by atoms with van der Waals surface area (Å²) in [7, 11) is 3.01. The Hall–Kier alpha value is -2.33. The van der Waals surface area contributed by atoms with E-state index in [0.29, 0.717) is 27.4 Å². The highest BCUT2D eigenvalue weighted by atomic mass is 79.9. The number of aromatic nitrogens is 2. The van der Waals surface area contributed by atoms with Gasteiger partial charge < -0.3 is 14.2 Å². The number of methoxy groups -OCH3 is 2. The first kappa shape index (κ1) is 14.1. The SMILES string of the molecule is COc1cc(C#N)cc(Oc2ncc(Br)c(OC)n2)c1. The third-order valence-corrected chi connectivity index (χ3v) is 2.88. The third kappa shape index (κ3) is 3.16. The molecule has 0 atom stereocenters. The topological polar surface area (TPSA) is 77.3 Å². The Bertz CT molecular complexity index is 670. The fourth-order valence-corrected chi connectivity index (χ4v) is 1.80. The first-order chi connectivity index (χ1) is 9.66. The molecule has 0 saturated heterocycles. The maximum absolute atomic E-state index is 8.95. The molecule has 2 rings (SSSR count). The first-order valence-electron chi connectivity index (χ1n) is 5.50. The Morgan fingerprint density at radius 2 is 1.90 bits per heavy atom. The molecule has 7 heteroatoms. The summed E-state index contributed by atoms with van der Waals surface area (Å²) in [4.78, 5) is 8.08. The van der Waals surface area contributed by atoms with E-state index >= 15 is 0 Å². The molecule has 0 saturated carbocycles. The van der Waals surface area contributed by atoms with Gasteiger partial charge >= 0.3 is 6.01 Å². The number of hydrogen-bond donors (Lipinski definition) is 0. The zero-order valence-corrected chi connectivity index (χ0v) is 12.3. The van der Waals surface area contributed by atoms with Crippen LogP contribution in [0.1, 0.15) is 5.56 Å². The molecule has 0 N–H and O–H groups in total. The van der Waals surface area contributed by atoms with E-state index in [-0.39, 0.29) is 6.01 Å². The van der Waals surface area contributed by atoms with Gasteiger partial charge in [-0.1, -0.05) is 0 Å². The highest BCUT2D eigenvalue weighted by molar-refractivity contribution is 9.10. The normalized spacial score (nSPS) is 9.70. The van der Waals surface area contributed by atoms with Crippen molar-refractivity contribution in [3.05, 3.63) is 34.4 Å². The van der Waals surface area contributed by atoms with Crippen LogP contribution in [0, 0.1) is 11.3 Å². The zero-order valence-electron chi connectivity index (χ0n) is 10.8. The molecular formula is C13H10BrN3O3. The van der Waals surface area contributed by atoms with Crippen molar-refractivity contribution in [2.24, 2.45) is 0 Å². The smallest absolute Gasteiger partial charge is 0.325 e. The third-order valence-electron chi connectivity index (χ3n) is 2.34. The summed E-state index contributed by atoms with van der Waals surface area (Å²) < 4.78 is 16.3.